The van der Waals surface area contributed by atoms with E-state index in [0.29, 0.717) is 6.61 Å². The molecule has 15 heavy (non-hydrogen) atoms. The van der Waals surface area contributed by atoms with E-state index in [1.165, 1.54) is 10.6 Å². The Bertz CT molecular complexity index is 289. The van der Waals surface area contributed by atoms with Crippen LogP contribution in [0.25, 0.3) is 0 Å². The molecule has 0 atom stereocenters. The fourth-order valence-corrected chi connectivity index (χ4v) is 2.49. The molecule has 0 unspecified atom stereocenters. The number of anilines is 1. The molecule has 84 valence electrons. The Kier molecular flexibility index (Phi) is 5.58. The van der Waals surface area contributed by atoms with Crippen molar-refractivity contribution in [2.45, 2.75) is 17.7 Å². The third-order valence-electron chi connectivity index (χ3n) is 2.16. The lowest BCUT2D eigenvalue weighted by Crippen LogP contribution is -2.09. The van der Waals surface area contributed by atoms with Crippen LogP contribution in [0.2, 0.25) is 0 Å². The van der Waals surface area contributed by atoms with Crippen LogP contribution in [0.4, 0.5) is 5.69 Å². The van der Waals surface area contributed by atoms with Crippen LogP contribution in [0.1, 0.15) is 12.8 Å². The number of aliphatic hydroxyl groups excluding tert-OH is 1. The van der Waals surface area contributed by atoms with Gasteiger partial charge in [-0.05, 0) is 30.7 Å². The average Bonchev–Trinajstić information content (AvgIpc) is 2.25. The molecule has 2 nitrogen and oxygen atoms in total. The van der Waals surface area contributed by atoms with Crippen molar-refractivity contribution < 1.29 is 5.11 Å². The van der Waals surface area contributed by atoms with Gasteiger partial charge in [0.05, 0.1) is 0 Å². The summed E-state index contributed by atoms with van der Waals surface area (Å²) < 4.78 is 0. The summed E-state index contributed by atoms with van der Waals surface area (Å²) in [5.74, 6) is 1.07. The monoisotopic (exact) mass is 225 g/mol. The lowest BCUT2D eigenvalue weighted by molar-refractivity contribution is 0.287. The molecule has 0 aromatic heterocycles. The molecule has 0 saturated heterocycles. The highest BCUT2D eigenvalue weighted by atomic mass is 32.2. The van der Waals surface area contributed by atoms with Gasteiger partial charge in [-0.3, -0.25) is 0 Å². The van der Waals surface area contributed by atoms with Crippen LogP contribution in [0, 0.1) is 0 Å². The summed E-state index contributed by atoms with van der Waals surface area (Å²) in [6.07, 6.45) is 1.97. The van der Waals surface area contributed by atoms with Gasteiger partial charge < -0.3 is 10.0 Å². The second kappa shape index (κ2) is 6.75. The minimum absolute atomic E-state index is 0.301. The molecule has 1 aromatic rings. The molecule has 0 saturated carbocycles. The normalized spacial score (nSPS) is 10.3. The van der Waals surface area contributed by atoms with E-state index in [1.807, 2.05) is 11.8 Å². The summed E-state index contributed by atoms with van der Waals surface area (Å²) >= 11 is 1.86. The number of hydrogen-bond acceptors (Lipinski definition) is 3. The SMILES string of the molecule is CN(C)c1ccccc1SCCCCO. The first kappa shape index (κ1) is 12.4. The molecule has 3 heteroatoms. The molecular weight excluding hydrogens is 206 g/mol. The van der Waals surface area contributed by atoms with E-state index in [-0.39, 0.29) is 0 Å². The van der Waals surface area contributed by atoms with Crippen molar-refractivity contribution >= 4 is 17.4 Å². The number of unbranched alkanes of at least 4 members (excludes halogenated alkanes) is 1. The van der Waals surface area contributed by atoms with Gasteiger partial charge >= 0.3 is 0 Å². The maximum atomic E-state index is 8.69. The first-order valence-electron chi connectivity index (χ1n) is 5.25. The van der Waals surface area contributed by atoms with Gasteiger partial charge in [-0.25, -0.2) is 0 Å². The molecule has 0 spiro atoms. The fourth-order valence-electron chi connectivity index (χ4n) is 1.34. The van der Waals surface area contributed by atoms with Crippen molar-refractivity contribution in [1.29, 1.82) is 0 Å². The Morgan fingerprint density at radius 1 is 1.20 bits per heavy atom. The number of aliphatic hydroxyl groups is 1. The van der Waals surface area contributed by atoms with Gasteiger partial charge in [-0.2, -0.15) is 0 Å². The number of thioether (sulfide) groups is 1. The maximum Gasteiger partial charge on any atom is 0.0499 e. The summed E-state index contributed by atoms with van der Waals surface area (Å²) in [6, 6.07) is 8.42. The highest BCUT2D eigenvalue weighted by molar-refractivity contribution is 7.99. The van der Waals surface area contributed by atoms with Gasteiger partial charge in [0.25, 0.3) is 0 Å². The highest BCUT2D eigenvalue weighted by Gasteiger charge is 2.03. The van der Waals surface area contributed by atoms with E-state index < -0.39 is 0 Å². The zero-order chi connectivity index (χ0) is 11.1. The summed E-state index contributed by atoms with van der Waals surface area (Å²) in [7, 11) is 4.13. The van der Waals surface area contributed by atoms with E-state index in [9.17, 15) is 0 Å². The number of benzene rings is 1. The standard InChI is InChI=1S/C12H19NOS/c1-13(2)11-7-3-4-8-12(11)15-10-6-5-9-14/h3-4,7-8,14H,5-6,9-10H2,1-2H3. The fraction of sp³-hybridized carbons (Fsp3) is 0.500. The molecule has 0 aliphatic heterocycles. The van der Waals surface area contributed by atoms with Crippen molar-refractivity contribution in [3.63, 3.8) is 0 Å². The number of rotatable bonds is 6. The van der Waals surface area contributed by atoms with E-state index in [0.717, 1.165) is 18.6 Å². The zero-order valence-corrected chi connectivity index (χ0v) is 10.3. The number of nitrogens with zero attached hydrogens (tertiary/aromatic N) is 1. The average molecular weight is 225 g/mol. The van der Waals surface area contributed by atoms with Crippen LogP contribution >= 0.6 is 11.8 Å². The molecule has 0 aliphatic rings. The quantitative estimate of drug-likeness (QED) is 0.594. The molecule has 0 aliphatic carbocycles. The van der Waals surface area contributed by atoms with Crippen molar-refractivity contribution in [3.05, 3.63) is 24.3 Å². The molecule has 0 amide bonds. The van der Waals surface area contributed by atoms with Gasteiger partial charge in [0, 0.05) is 31.3 Å². The van der Waals surface area contributed by atoms with Gasteiger partial charge in [-0.1, -0.05) is 12.1 Å². The molecule has 1 N–H and O–H groups in total. The molecule has 1 rings (SSSR count). The third-order valence-corrected chi connectivity index (χ3v) is 3.31. The Labute approximate surface area is 96.3 Å². The Morgan fingerprint density at radius 3 is 2.60 bits per heavy atom. The van der Waals surface area contributed by atoms with Crippen molar-refractivity contribution in [1.82, 2.24) is 0 Å². The number of para-hydroxylation sites is 1. The Balaban J connectivity index is 2.52. The second-order valence-corrected chi connectivity index (χ2v) is 4.78. The second-order valence-electron chi connectivity index (χ2n) is 3.64. The van der Waals surface area contributed by atoms with Gasteiger partial charge in [0.2, 0.25) is 0 Å². The van der Waals surface area contributed by atoms with Crippen LogP contribution < -0.4 is 4.90 Å². The predicted molar refractivity (Wildman–Crippen MR) is 67.8 cm³/mol. The predicted octanol–water partition coefficient (Wildman–Crippen LogP) is 2.62. The van der Waals surface area contributed by atoms with E-state index >= 15 is 0 Å². The van der Waals surface area contributed by atoms with Gasteiger partial charge in [0.1, 0.15) is 0 Å². The smallest absolute Gasteiger partial charge is 0.0499 e. The topological polar surface area (TPSA) is 23.5 Å². The van der Waals surface area contributed by atoms with Crippen LogP contribution in [0.5, 0.6) is 0 Å². The first-order chi connectivity index (χ1) is 7.25. The zero-order valence-electron chi connectivity index (χ0n) is 9.44. The van der Waals surface area contributed by atoms with Crippen LogP contribution in [0.15, 0.2) is 29.2 Å². The largest absolute Gasteiger partial charge is 0.396 e. The number of hydrogen-bond donors (Lipinski definition) is 1. The summed E-state index contributed by atoms with van der Waals surface area (Å²) in [6.45, 7) is 0.301. The molecule has 0 radical (unpaired) electrons. The molecular formula is C12H19NOS. The van der Waals surface area contributed by atoms with Crippen molar-refractivity contribution in [2.24, 2.45) is 0 Å². The van der Waals surface area contributed by atoms with Gasteiger partial charge in [0.15, 0.2) is 0 Å². The van der Waals surface area contributed by atoms with Gasteiger partial charge in [-0.15, -0.1) is 11.8 Å². The summed E-state index contributed by atoms with van der Waals surface area (Å²) in [5.41, 5.74) is 1.27. The summed E-state index contributed by atoms with van der Waals surface area (Å²) in [5, 5.41) is 8.69. The highest BCUT2D eigenvalue weighted by Crippen LogP contribution is 2.29. The molecule has 0 bridgehead atoms. The minimum Gasteiger partial charge on any atom is -0.396 e. The van der Waals surface area contributed by atoms with Crippen LogP contribution in [-0.4, -0.2) is 31.6 Å². The molecule has 0 fully saturated rings. The van der Waals surface area contributed by atoms with Crippen molar-refractivity contribution in [3.8, 4) is 0 Å². The van der Waals surface area contributed by atoms with E-state index in [4.69, 9.17) is 5.11 Å². The minimum atomic E-state index is 0.301. The first-order valence-corrected chi connectivity index (χ1v) is 6.24. The van der Waals surface area contributed by atoms with E-state index in [1.54, 1.807) is 0 Å². The molecule has 0 heterocycles. The molecule has 1 aromatic carbocycles. The third kappa shape index (κ3) is 4.14. The summed E-state index contributed by atoms with van der Waals surface area (Å²) in [4.78, 5) is 3.45. The lowest BCUT2D eigenvalue weighted by Gasteiger charge is -2.16. The Morgan fingerprint density at radius 2 is 1.93 bits per heavy atom. The maximum absolute atomic E-state index is 8.69. The van der Waals surface area contributed by atoms with Crippen molar-refractivity contribution in [2.75, 3.05) is 31.4 Å². The van der Waals surface area contributed by atoms with Crippen LogP contribution in [0.3, 0.4) is 0 Å². The Hall–Kier alpha value is -0.670. The lowest BCUT2D eigenvalue weighted by atomic mass is 10.3. The van der Waals surface area contributed by atoms with E-state index in [2.05, 4.69) is 43.3 Å². The van der Waals surface area contributed by atoms with Crippen LogP contribution in [-0.2, 0) is 0 Å².